The van der Waals surface area contributed by atoms with Crippen molar-refractivity contribution in [2.75, 3.05) is 0 Å². The van der Waals surface area contributed by atoms with Gasteiger partial charge in [0.15, 0.2) is 11.6 Å². The monoisotopic (exact) mass is 370 g/mol. The fourth-order valence-corrected chi connectivity index (χ4v) is 3.13. The molecule has 6 heteroatoms. The lowest BCUT2D eigenvalue weighted by Crippen LogP contribution is -2.02. The third-order valence-electron chi connectivity index (χ3n) is 4.20. The minimum atomic E-state index is -1.01. The van der Waals surface area contributed by atoms with Crippen LogP contribution in [0.3, 0.4) is 0 Å². The molecule has 0 atom stereocenters. The molecule has 0 saturated carbocycles. The van der Waals surface area contributed by atoms with E-state index in [2.05, 4.69) is 4.98 Å². The number of nitrogens with zero attached hydrogens (tertiary/aromatic N) is 2. The molecular formula is C20H13ClF2N2O. The normalized spacial score (nSPS) is 11.2. The van der Waals surface area contributed by atoms with Gasteiger partial charge in [-0.3, -0.25) is 0 Å². The van der Waals surface area contributed by atoms with Crippen LogP contribution in [-0.4, -0.2) is 14.7 Å². The number of aromatic nitrogens is 2. The molecule has 3 aromatic carbocycles. The zero-order valence-corrected chi connectivity index (χ0v) is 14.2. The summed E-state index contributed by atoms with van der Waals surface area (Å²) in [6.07, 6.45) is 0. The summed E-state index contributed by atoms with van der Waals surface area (Å²) >= 11 is 5.90. The third kappa shape index (κ3) is 2.80. The highest BCUT2D eigenvalue weighted by molar-refractivity contribution is 6.30. The molecule has 0 bridgehead atoms. The number of aromatic hydroxyl groups is 1. The molecule has 1 aromatic heterocycles. The Bertz CT molecular complexity index is 1110. The Morgan fingerprint density at radius 3 is 2.50 bits per heavy atom. The van der Waals surface area contributed by atoms with Crippen molar-refractivity contribution in [1.82, 2.24) is 9.55 Å². The number of hydrogen-bond donors (Lipinski definition) is 1. The van der Waals surface area contributed by atoms with E-state index in [1.807, 2.05) is 30.3 Å². The molecule has 26 heavy (non-hydrogen) atoms. The first-order chi connectivity index (χ1) is 12.5. The van der Waals surface area contributed by atoms with Gasteiger partial charge in [0.05, 0.1) is 11.1 Å². The minimum Gasteiger partial charge on any atom is -0.507 e. The molecule has 1 N–H and O–H groups in total. The lowest BCUT2D eigenvalue weighted by Gasteiger charge is -2.11. The van der Waals surface area contributed by atoms with E-state index in [4.69, 9.17) is 11.6 Å². The number of hydrogen-bond acceptors (Lipinski definition) is 2. The van der Waals surface area contributed by atoms with Crippen LogP contribution in [0.4, 0.5) is 8.78 Å². The van der Waals surface area contributed by atoms with Gasteiger partial charge >= 0.3 is 0 Å². The first-order valence-corrected chi connectivity index (χ1v) is 8.29. The zero-order valence-electron chi connectivity index (χ0n) is 13.5. The molecule has 0 saturated heterocycles. The van der Waals surface area contributed by atoms with E-state index in [1.165, 1.54) is 12.1 Å². The molecule has 0 aliphatic rings. The zero-order chi connectivity index (χ0) is 18.3. The number of phenolic OH excluding ortho intramolecular Hbond substituents is 1. The van der Waals surface area contributed by atoms with E-state index >= 15 is 0 Å². The smallest absolute Gasteiger partial charge is 0.186 e. The molecule has 1 heterocycles. The molecule has 0 radical (unpaired) electrons. The highest BCUT2D eigenvalue weighted by Gasteiger charge is 2.20. The lowest BCUT2D eigenvalue weighted by atomic mass is 10.1. The van der Waals surface area contributed by atoms with Crippen molar-refractivity contribution in [3.05, 3.63) is 82.9 Å². The summed E-state index contributed by atoms with van der Waals surface area (Å²) in [6.45, 7) is 0.389. The second-order valence-electron chi connectivity index (χ2n) is 5.90. The van der Waals surface area contributed by atoms with Crippen LogP contribution in [0.15, 0.2) is 60.7 Å². The molecule has 4 aromatic rings. The first-order valence-electron chi connectivity index (χ1n) is 7.91. The largest absolute Gasteiger partial charge is 0.507 e. The van der Waals surface area contributed by atoms with Crippen molar-refractivity contribution in [2.24, 2.45) is 0 Å². The summed E-state index contributed by atoms with van der Waals surface area (Å²) in [5, 5.41) is 10.6. The second kappa shape index (κ2) is 6.42. The number of benzene rings is 3. The van der Waals surface area contributed by atoms with Gasteiger partial charge in [0.25, 0.3) is 0 Å². The van der Waals surface area contributed by atoms with Gasteiger partial charge in [-0.2, -0.15) is 0 Å². The fraction of sp³-hybridized carbons (Fsp3) is 0.0500. The van der Waals surface area contributed by atoms with Crippen LogP contribution in [0.25, 0.3) is 22.4 Å². The average Bonchev–Trinajstić information content (AvgIpc) is 2.98. The Balaban J connectivity index is 1.98. The Kier molecular flexibility index (Phi) is 4.09. The van der Waals surface area contributed by atoms with Crippen molar-refractivity contribution in [3.8, 4) is 17.1 Å². The molecule has 4 rings (SSSR count). The van der Waals surface area contributed by atoms with E-state index in [1.54, 1.807) is 16.7 Å². The Morgan fingerprint density at radius 1 is 1.00 bits per heavy atom. The lowest BCUT2D eigenvalue weighted by molar-refractivity contribution is 0.476. The maximum atomic E-state index is 14.3. The Hall–Kier alpha value is -2.92. The van der Waals surface area contributed by atoms with Crippen LogP contribution >= 0.6 is 11.6 Å². The molecule has 0 fully saturated rings. The SMILES string of the molecule is Oc1cc(Cl)ccc1-c1nc2c(F)c(F)ccc2n1Cc1ccccc1. The number of imidazole rings is 1. The predicted molar refractivity (Wildman–Crippen MR) is 97.3 cm³/mol. The van der Waals surface area contributed by atoms with Crippen molar-refractivity contribution in [2.45, 2.75) is 6.54 Å². The maximum absolute atomic E-state index is 14.3. The van der Waals surface area contributed by atoms with Gasteiger partial charge in [-0.15, -0.1) is 0 Å². The van der Waals surface area contributed by atoms with Crippen LogP contribution in [-0.2, 0) is 6.54 Å². The molecule has 0 spiro atoms. The topological polar surface area (TPSA) is 38.1 Å². The quantitative estimate of drug-likeness (QED) is 0.525. The molecular weight excluding hydrogens is 358 g/mol. The van der Waals surface area contributed by atoms with E-state index in [-0.39, 0.29) is 11.3 Å². The van der Waals surface area contributed by atoms with Crippen molar-refractivity contribution in [1.29, 1.82) is 0 Å². The van der Waals surface area contributed by atoms with E-state index in [0.717, 1.165) is 11.6 Å². The standard InChI is InChI=1S/C20H13ClF2N2O/c21-13-6-7-14(17(26)10-13)20-24-19-16(9-8-15(22)18(19)23)25(20)11-12-4-2-1-3-5-12/h1-10,26H,11H2. The Morgan fingerprint density at radius 2 is 1.77 bits per heavy atom. The molecule has 3 nitrogen and oxygen atoms in total. The summed E-state index contributed by atoms with van der Waals surface area (Å²) in [5.74, 6) is -1.72. The first kappa shape index (κ1) is 16.5. The predicted octanol–water partition coefficient (Wildman–Crippen LogP) is 5.39. The van der Waals surface area contributed by atoms with Gasteiger partial charge in [0, 0.05) is 11.6 Å². The van der Waals surface area contributed by atoms with Gasteiger partial charge in [-0.25, -0.2) is 13.8 Å². The van der Waals surface area contributed by atoms with Crippen LogP contribution in [0, 0.1) is 11.6 Å². The van der Waals surface area contributed by atoms with Gasteiger partial charge in [0.1, 0.15) is 17.1 Å². The minimum absolute atomic E-state index is 0.0784. The van der Waals surface area contributed by atoms with Crippen LogP contribution in [0.1, 0.15) is 5.56 Å². The summed E-state index contributed by atoms with van der Waals surface area (Å²) in [5.41, 5.74) is 1.72. The number of halogens is 3. The van der Waals surface area contributed by atoms with E-state index in [0.29, 0.717) is 28.5 Å². The summed E-state index contributed by atoms with van der Waals surface area (Å²) in [4.78, 5) is 4.27. The van der Waals surface area contributed by atoms with Gasteiger partial charge < -0.3 is 9.67 Å². The Labute approximate surface area is 153 Å². The maximum Gasteiger partial charge on any atom is 0.186 e. The number of rotatable bonds is 3. The molecule has 0 aliphatic carbocycles. The van der Waals surface area contributed by atoms with Crippen LogP contribution in [0.2, 0.25) is 5.02 Å². The van der Waals surface area contributed by atoms with Gasteiger partial charge in [-0.05, 0) is 35.9 Å². The molecule has 0 amide bonds. The number of phenols is 1. The highest BCUT2D eigenvalue weighted by atomic mass is 35.5. The van der Waals surface area contributed by atoms with Gasteiger partial charge in [0.2, 0.25) is 0 Å². The van der Waals surface area contributed by atoms with Crippen molar-refractivity contribution >= 4 is 22.6 Å². The average molecular weight is 371 g/mol. The third-order valence-corrected chi connectivity index (χ3v) is 4.43. The van der Waals surface area contributed by atoms with Crippen molar-refractivity contribution < 1.29 is 13.9 Å². The van der Waals surface area contributed by atoms with Crippen molar-refractivity contribution in [3.63, 3.8) is 0 Å². The highest BCUT2D eigenvalue weighted by Crippen LogP contribution is 2.34. The van der Waals surface area contributed by atoms with Gasteiger partial charge in [-0.1, -0.05) is 41.9 Å². The van der Waals surface area contributed by atoms with Crippen LogP contribution in [0.5, 0.6) is 5.75 Å². The summed E-state index contributed by atoms with van der Waals surface area (Å²) < 4.78 is 29.7. The second-order valence-corrected chi connectivity index (χ2v) is 6.33. The summed E-state index contributed by atoms with van der Waals surface area (Å²) in [6, 6.07) is 16.7. The summed E-state index contributed by atoms with van der Waals surface area (Å²) in [7, 11) is 0. The van der Waals surface area contributed by atoms with E-state index in [9.17, 15) is 13.9 Å². The van der Waals surface area contributed by atoms with Crippen LogP contribution < -0.4 is 0 Å². The van der Waals surface area contributed by atoms with E-state index < -0.39 is 11.6 Å². The fourth-order valence-electron chi connectivity index (χ4n) is 2.96. The molecule has 0 unspecified atom stereocenters. The number of fused-ring (bicyclic) bond motifs is 1. The molecule has 0 aliphatic heterocycles. The molecule has 130 valence electrons.